The standard InChI is InChI=1S/C25H24N4O6/c1-2-34-24(32)16-8-10-18(11-9-16)28-22(30)14-20(23(28)31)27(17-12-13-17)15-21-25(33)35-26-29(21)19-6-4-3-5-7-19/h3-11,17,20H,2,12-15H2,1H3/p+1. The molecule has 35 heavy (non-hydrogen) atoms. The van der Waals surface area contributed by atoms with Gasteiger partial charge in [0.25, 0.3) is 5.91 Å². The van der Waals surface area contributed by atoms with Crippen molar-refractivity contribution in [3.8, 4) is 5.69 Å². The summed E-state index contributed by atoms with van der Waals surface area (Å²) in [6, 6.07) is 14.8. The number of rotatable bonds is 8. The zero-order valence-corrected chi connectivity index (χ0v) is 19.2. The molecule has 1 unspecified atom stereocenters. The van der Waals surface area contributed by atoms with E-state index in [1.54, 1.807) is 23.7 Å². The van der Waals surface area contributed by atoms with Crippen molar-refractivity contribution in [2.45, 2.75) is 44.8 Å². The second-order valence-corrected chi connectivity index (χ2v) is 8.56. The molecule has 2 aromatic carbocycles. The fraction of sp³-hybridized carbons (Fsp3) is 0.320. The van der Waals surface area contributed by atoms with Crippen LogP contribution >= 0.6 is 0 Å². The molecule has 0 bridgehead atoms. The monoisotopic (exact) mass is 477 g/mol. The molecule has 2 heterocycles. The lowest BCUT2D eigenvalue weighted by atomic mass is 10.2. The van der Waals surface area contributed by atoms with Gasteiger partial charge >= 0.3 is 17.3 Å². The highest BCUT2D eigenvalue weighted by Gasteiger charge is 2.48. The number of H-pyrrole nitrogens is 1. The minimum atomic E-state index is -0.696. The molecule has 10 heteroatoms. The molecule has 2 aliphatic rings. The van der Waals surface area contributed by atoms with Gasteiger partial charge in [0.1, 0.15) is 0 Å². The summed E-state index contributed by atoms with van der Waals surface area (Å²) < 4.78 is 11.6. The Bertz CT molecular complexity index is 1310. The Morgan fingerprint density at radius 2 is 1.83 bits per heavy atom. The number of nitrogens with zero attached hydrogens (tertiary/aromatic N) is 3. The van der Waals surface area contributed by atoms with Crippen molar-refractivity contribution in [1.29, 1.82) is 0 Å². The molecular formula is C25H25N4O6+. The summed E-state index contributed by atoms with van der Waals surface area (Å²) in [4.78, 5) is 53.9. The highest BCUT2D eigenvalue weighted by Crippen LogP contribution is 2.34. The van der Waals surface area contributed by atoms with E-state index in [0.717, 1.165) is 23.4 Å². The van der Waals surface area contributed by atoms with Crippen LogP contribution in [0, 0.1) is 0 Å². The largest absolute Gasteiger partial charge is 0.462 e. The minimum absolute atomic E-state index is 0.00997. The Morgan fingerprint density at radius 3 is 2.49 bits per heavy atom. The number of carbonyl (C=O) groups excluding carboxylic acids is 3. The van der Waals surface area contributed by atoms with Crippen molar-refractivity contribution >= 4 is 23.5 Å². The number of nitrogens with one attached hydrogen (secondary N) is 1. The first-order valence-corrected chi connectivity index (χ1v) is 11.6. The third-order valence-corrected chi connectivity index (χ3v) is 6.26. The summed E-state index contributed by atoms with van der Waals surface area (Å²) in [5.41, 5.74) is 1.28. The van der Waals surface area contributed by atoms with E-state index in [4.69, 9.17) is 9.26 Å². The molecule has 5 rings (SSSR count). The number of carbonyl (C=O) groups is 3. The van der Waals surface area contributed by atoms with Gasteiger partial charge in [0.2, 0.25) is 11.6 Å². The van der Waals surface area contributed by atoms with E-state index < -0.39 is 17.6 Å². The molecule has 180 valence electrons. The predicted octanol–water partition coefficient (Wildman–Crippen LogP) is 1.72. The second-order valence-electron chi connectivity index (χ2n) is 8.56. The van der Waals surface area contributed by atoms with Crippen molar-refractivity contribution in [2.75, 3.05) is 11.5 Å². The van der Waals surface area contributed by atoms with Crippen molar-refractivity contribution < 1.29 is 28.3 Å². The molecule has 10 nitrogen and oxygen atoms in total. The molecular weight excluding hydrogens is 452 g/mol. The van der Waals surface area contributed by atoms with E-state index in [2.05, 4.69) is 5.27 Å². The summed E-state index contributed by atoms with van der Waals surface area (Å²) in [5.74, 6) is -1.14. The molecule has 3 aromatic rings. The van der Waals surface area contributed by atoms with Crippen molar-refractivity contribution in [3.05, 3.63) is 76.3 Å². The van der Waals surface area contributed by atoms with Gasteiger partial charge in [0.05, 0.1) is 36.9 Å². The first-order chi connectivity index (χ1) is 17.0. The van der Waals surface area contributed by atoms with Gasteiger partial charge < -0.3 is 4.74 Å². The Balaban J connectivity index is 1.39. The van der Waals surface area contributed by atoms with Crippen LogP contribution in [0.4, 0.5) is 5.69 Å². The third kappa shape index (κ3) is 4.40. The fourth-order valence-corrected chi connectivity index (χ4v) is 4.39. The summed E-state index contributed by atoms with van der Waals surface area (Å²) >= 11 is 0. The molecule has 1 saturated carbocycles. The number of anilines is 1. The van der Waals surface area contributed by atoms with Gasteiger partial charge in [-0.15, -0.1) is 0 Å². The predicted molar refractivity (Wildman–Crippen MR) is 123 cm³/mol. The van der Waals surface area contributed by atoms with Crippen LogP contribution in [0.5, 0.6) is 0 Å². The quantitative estimate of drug-likeness (QED) is 0.298. The number of para-hydroxylation sites is 1. The molecule has 1 aliphatic heterocycles. The van der Waals surface area contributed by atoms with E-state index in [9.17, 15) is 19.2 Å². The molecule has 1 saturated heterocycles. The van der Waals surface area contributed by atoms with Crippen molar-refractivity contribution in [1.82, 2.24) is 10.2 Å². The number of aromatic nitrogens is 2. The van der Waals surface area contributed by atoms with Crippen LogP contribution in [-0.4, -0.2) is 46.6 Å². The summed E-state index contributed by atoms with van der Waals surface area (Å²) in [7, 11) is 0. The first kappa shape index (κ1) is 22.7. The second kappa shape index (κ2) is 9.30. The Hall–Kier alpha value is -4.05. The zero-order valence-electron chi connectivity index (χ0n) is 19.2. The highest BCUT2D eigenvalue weighted by atomic mass is 16.5. The van der Waals surface area contributed by atoms with Crippen LogP contribution < -0.4 is 15.2 Å². The van der Waals surface area contributed by atoms with E-state index in [0.29, 0.717) is 16.9 Å². The zero-order chi connectivity index (χ0) is 24.5. The van der Waals surface area contributed by atoms with Crippen LogP contribution in [0.25, 0.3) is 5.69 Å². The van der Waals surface area contributed by atoms with E-state index >= 15 is 0 Å². The van der Waals surface area contributed by atoms with E-state index in [-0.39, 0.29) is 37.4 Å². The number of benzene rings is 2. The van der Waals surface area contributed by atoms with Gasteiger partial charge in [0.15, 0.2) is 0 Å². The number of amides is 2. The van der Waals surface area contributed by atoms with Crippen LogP contribution in [0.2, 0.25) is 0 Å². The minimum Gasteiger partial charge on any atom is -0.462 e. The number of hydrogen-bond acceptors (Lipinski definition) is 7. The maximum atomic E-state index is 13.4. The fourth-order valence-electron chi connectivity index (χ4n) is 4.39. The number of aromatic amines is 1. The van der Waals surface area contributed by atoms with E-state index in [1.807, 2.05) is 35.2 Å². The normalized spacial score (nSPS) is 17.9. The summed E-state index contributed by atoms with van der Waals surface area (Å²) in [5, 5.41) is 2.63. The molecule has 0 radical (unpaired) electrons. The number of hydrogen-bond donors (Lipinski definition) is 1. The molecule has 0 spiro atoms. The lowest BCUT2D eigenvalue weighted by Gasteiger charge is -2.25. The van der Waals surface area contributed by atoms with Crippen LogP contribution in [0.1, 0.15) is 42.2 Å². The molecule has 1 aliphatic carbocycles. The van der Waals surface area contributed by atoms with Gasteiger partial charge in [-0.1, -0.05) is 18.2 Å². The smallest absolute Gasteiger partial charge is 0.431 e. The average Bonchev–Trinajstić information content (AvgIpc) is 3.58. The molecule has 1 atom stereocenters. The average molecular weight is 477 g/mol. The Morgan fingerprint density at radius 1 is 1.11 bits per heavy atom. The molecule has 2 amide bonds. The van der Waals surface area contributed by atoms with Crippen LogP contribution in [0.15, 0.2) is 63.9 Å². The molecule has 1 aromatic heterocycles. The van der Waals surface area contributed by atoms with Gasteiger partial charge in [-0.25, -0.2) is 14.5 Å². The number of imide groups is 1. The maximum absolute atomic E-state index is 13.4. The SMILES string of the molecule is CCOC(=O)c1ccc(N2C(=O)CC(N(Cc3c(=O)o[nH][n+]3-c3ccccc3)C3CC3)C2=O)cc1. The number of esters is 1. The maximum Gasteiger partial charge on any atom is 0.431 e. The third-order valence-electron chi connectivity index (χ3n) is 6.26. The van der Waals surface area contributed by atoms with Gasteiger partial charge in [-0.2, -0.15) is 0 Å². The van der Waals surface area contributed by atoms with Crippen molar-refractivity contribution in [3.63, 3.8) is 0 Å². The lowest BCUT2D eigenvalue weighted by Crippen LogP contribution is -2.47. The topological polar surface area (TPSA) is 117 Å². The van der Waals surface area contributed by atoms with Gasteiger partial charge in [0, 0.05) is 18.2 Å². The molecule has 1 N–H and O–H groups in total. The van der Waals surface area contributed by atoms with Crippen molar-refractivity contribution in [2.24, 2.45) is 0 Å². The summed E-state index contributed by atoms with van der Waals surface area (Å²) in [6.45, 7) is 2.13. The van der Waals surface area contributed by atoms with Crippen LogP contribution in [-0.2, 0) is 20.9 Å². The van der Waals surface area contributed by atoms with Crippen LogP contribution in [0.3, 0.4) is 0 Å². The Labute approximate surface area is 200 Å². The lowest BCUT2D eigenvalue weighted by molar-refractivity contribution is -0.678. The van der Waals surface area contributed by atoms with Gasteiger partial charge in [-0.3, -0.25) is 19.0 Å². The van der Waals surface area contributed by atoms with Gasteiger partial charge in [-0.05, 0) is 54.0 Å². The summed E-state index contributed by atoms with van der Waals surface area (Å²) in [6.07, 6.45) is 1.77. The van der Waals surface area contributed by atoms with E-state index in [1.165, 1.54) is 12.1 Å². The first-order valence-electron chi connectivity index (χ1n) is 11.6. The number of ether oxygens (including phenoxy) is 1. The highest BCUT2D eigenvalue weighted by molar-refractivity contribution is 6.22. The molecule has 2 fully saturated rings. The Kier molecular flexibility index (Phi) is 6.04.